The van der Waals surface area contributed by atoms with E-state index in [2.05, 4.69) is 10.6 Å². The summed E-state index contributed by atoms with van der Waals surface area (Å²) in [4.78, 5) is 37.9. The van der Waals surface area contributed by atoms with Gasteiger partial charge in [0.2, 0.25) is 12.0 Å². The van der Waals surface area contributed by atoms with Crippen molar-refractivity contribution in [3.05, 3.63) is 95.6 Å². The molecule has 32 heavy (non-hydrogen) atoms. The number of anilines is 2. The van der Waals surface area contributed by atoms with Crippen LogP contribution < -0.4 is 10.6 Å². The highest BCUT2D eigenvalue weighted by atomic mass is 16.5. The van der Waals surface area contributed by atoms with Gasteiger partial charge < -0.3 is 15.4 Å². The standard InChI is InChI=1S/C26H24N2O4/c1-17-10-14-21(15-11-17)27-25(30)23(18-6-3-2-4-7-18)32-26(31)20-8-5-9-22(16-20)28-24(29)19-12-13-19/h2-11,14-16,19,23H,12-13H2,1H3,(H,27,30)(H,28,29). The van der Waals surface area contributed by atoms with Gasteiger partial charge in [0.1, 0.15) is 0 Å². The third-order valence-electron chi connectivity index (χ3n) is 5.20. The summed E-state index contributed by atoms with van der Waals surface area (Å²) >= 11 is 0. The molecule has 1 atom stereocenters. The molecule has 1 unspecified atom stereocenters. The van der Waals surface area contributed by atoms with Gasteiger partial charge in [0.05, 0.1) is 5.56 Å². The van der Waals surface area contributed by atoms with E-state index in [4.69, 9.17) is 4.74 Å². The van der Waals surface area contributed by atoms with Gasteiger partial charge in [-0.05, 0) is 50.1 Å². The van der Waals surface area contributed by atoms with Crippen LogP contribution in [0.4, 0.5) is 11.4 Å². The largest absolute Gasteiger partial charge is 0.444 e. The third-order valence-corrected chi connectivity index (χ3v) is 5.20. The van der Waals surface area contributed by atoms with Crippen LogP contribution in [0.1, 0.15) is 40.4 Å². The van der Waals surface area contributed by atoms with E-state index in [1.165, 1.54) is 0 Å². The summed E-state index contributed by atoms with van der Waals surface area (Å²) in [5.41, 5.74) is 3.02. The first-order valence-corrected chi connectivity index (χ1v) is 10.5. The van der Waals surface area contributed by atoms with Crippen molar-refractivity contribution >= 4 is 29.2 Å². The second-order valence-corrected chi connectivity index (χ2v) is 7.90. The summed E-state index contributed by atoms with van der Waals surface area (Å²) in [5.74, 6) is -1.10. The molecular weight excluding hydrogens is 404 g/mol. The molecule has 0 aliphatic heterocycles. The van der Waals surface area contributed by atoms with Crippen molar-refractivity contribution < 1.29 is 19.1 Å². The second kappa shape index (κ2) is 9.47. The van der Waals surface area contributed by atoms with Crippen LogP contribution in [0, 0.1) is 12.8 Å². The molecule has 0 radical (unpaired) electrons. The predicted molar refractivity (Wildman–Crippen MR) is 122 cm³/mol. The zero-order chi connectivity index (χ0) is 22.5. The highest BCUT2D eigenvalue weighted by Gasteiger charge is 2.30. The van der Waals surface area contributed by atoms with Crippen molar-refractivity contribution in [2.75, 3.05) is 10.6 Å². The number of hydrogen-bond donors (Lipinski definition) is 2. The lowest BCUT2D eigenvalue weighted by molar-refractivity contribution is -0.125. The van der Waals surface area contributed by atoms with Crippen LogP contribution in [0.2, 0.25) is 0 Å². The maximum Gasteiger partial charge on any atom is 0.339 e. The number of benzene rings is 3. The van der Waals surface area contributed by atoms with Crippen molar-refractivity contribution in [2.45, 2.75) is 25.9 Å². The van der Waals surface area contributed by atoms with Gasteiger partial charge in [-0.25, -0.2) is 4.79 Å². The van der Waals surface area contributed by atoms with Gasteiger partial charge in [-0.1, -0.05) is 54.1 Å². The molecular formula is C26H24N2O4. The summed E-state index contributed by atoms with van der Waals surface area (Å²) in [6, 6.07) is 22.8. The Morgan fingerprint density at radius 3 is 2.25 bits per heavy atom. The average Bonchev–Trinajstić information content (AvgIpc) is 3.65. The van der Waals surface area contributed by atoms with E-state index in [-0.39, 0.29) is 17.4 Å². The fourth-order valence-corrected chi connectivity index (χ4v) is 3.23. The highest BCUT2D eigenvalue weighted by molar-refractivity contribution is 5.99. The lowest BCUT2D eigenvalue weighted by Gasteiger charge is -2.18. The molecule has 1 saturated carbocycles. The molecule has 6 nitrogen and oxygen atoms in total. The fraction of sp³-hybridized carbons (Fsp3) is 0.192. The summed E-state index contributed by atoms with van der Waals surface area (Å²) < 4.78 is 5.64. The van der Waals surface area contributed by atoms with Crippen LogP contribution in [0.3, 0.4) is 0 Å². The van der Waals surface area contributed by atoms with Crippen LogP contribution in [-0.4, -0.2) is 17.8 Å². The number of hydrogen-bond acceptors (Lipinski definition) is 4. The molecule has 0 spiro atoms. The van der Waals surface area contributed by atoms with Crippen LogP contribution in [0.15, 0.2) is 78.9 Å². The lowest BCUT2D eigenvalue weighted by Crippen LogP contribution is -2.26. The average molecular weight is 428 g/mol. The number of ether oxygens (including phenoxy) is 1. The predicted octanol–water partition coefficient (Wildman–Crippen LogP) is 4.88. The fourth-order valence-electron chi connectivity index (χ4n) is 3.23. The van der Waals surface area contributed by atoms with Crippen LogP contribution in [0.5, 0.6) is 0 Å². The van der Waals surface area contributed by atoms with Gasteiger partial charge >= 0.3 is 5.97 Å². The Kier molecular flexibility index (Phi) is 6.31. The number of carbonyl (C=O) groups excluding carboxylic acids is 3. The molecule has 1 aliphatic carbocycles. The highest BCUT2D eigenvalue weighted by Crippen LogP contribution is 2.30. The molecule has 0 saturated heterocycles. The number of esters is 1. The third kappa shape index (κ3) is 5.40. The molecule has 2 amide bonds. The zero-order valence-electron chi connectivity index (χ0n) is 17.7. The van der Waals surface area contributed by atoms with E-state index in [1.807, 2.05) is 25.1 Å². The number of carbonyl (C=O) groups is 3. The second-order valence-electron chi connectivity index (χ2n) is 7.90. The first kappa shape index (κ1) is 21.3. The van der Waals surface area contributed by atoms with Crippen molar-refractivity contribution in [2.24, 2.45) is 5.92 Å². The van der Waals surface area contributed by atoms with Gasteiger partial charge in [-0.15, -0.1) is 0 Å². The maximum absolute atomic E-state index is 13.0. The lowest BCUT2D eigenvalue weighted by atomic mass is 10.1. The molecule has 4 rings (SSSR count). The minimum Gasteiger partial charge on any atom is -0.444 e. The molecule has 3 aromatic carbocycles. The number of rotatable bonds is 7. The molecule has 0 aromatic heterocycles. The minimum absolute atomic E-state index is 0.0462. The quantitative estimate of drug-likeness (QED) is 0.525. The van der Waals surface area contributed by atoms with Crippen LogP contribution >= 0.6 is 0 Å². The van der Waals surface area contributed by atoms with E-state index in [1.54, 1.807) is 60.7 Å². The Morgan fingerprint density at radius 1 is 0.844 bits per heavy atom. The zero-order valence-corrected chi connectivity index (χ0v) is 17.7. The summed E-state index contributed by atoms with van der Waals surface area (Å²) in [5, 5.41) is 5.63. The molecule has 2 N–H and O–H groups in total. The Balaban J connectivity index is 1.51. The molecule has 6 heteroatoms. The molecule has 162 valence electrons. The van der Waals surface area contributed by atoms with Crippen molar-refractivity contribution in [3.63, 3.8) is 0 Å². The number of aryl methyl sites for hydroxylation is 1. The first-order valence-electron chi connectivity index (χ1n) is 10.5. The Hall–Kier alpha value is -3.93. The van der Waals surface area contributed by atoms with E-state index < -0.39 is 18.0 Å². The monoisotopic (exact) mass is 428 g/mol. The van der Waals surface area contributed by atoms with Crippen molar-refractivity contribution in [1.82, 2.24) is 0 Å². The summed E-state index contributed by atoms with van der Waals surface area (Å²) in [7, 11) is 0. The van der Waals surface area contributed by atoms with E-state index in [0.29, 0.717) is 16.9 Å². The van der Waals surface area contributed by atoms with Crippen molar-refractivity contribution in [1.29, 1.82) is 0 Å². The topological polar surface area (TPSA) is 84.5 Å². The first-order chi connectivity index (χ1) is 15.5. The SMILES string of the molecule is Cc1ccc(NC(=O)C(OC(=O)c2cccc(NC(=O)C3CC3)c2)c2ccccc2)cc1. The van der Waals surface area contributed by atoms with Crippen molar-refractivity contribution in [3.8, 4) is 0 Å². The Labute approximate surface area is 186 Å². The smallest absolute Gasteiger partial charge is 0.339 e. The van der Waals surface area contributed by atoms with E-state index >= 15 is 0 Å². The Morgan fingerprint density at radius 2 is 1.56 bits per heavy atom. The van der Waals surface area contributed by atoms with Gasteiger partial charge in [0.25, 0.3) is 5.91 Å². The maximum atomic E-state index is 13.0. The van der Waals surface area contributed by atoms with E-state index in [9.17, 15) is 14.4 Å². The Bertz CT molecular complexity index is 1120. The molecule has 0 heterocycles. The molecule has 3 aromatic rings. The summed E-state index contributed by atoms with van der Waals surface area (Å²) in [6.45, 7) is 1.96. The summed E-state index contributed by atoms with van der Waals surface area (Å²) in [6.07, 6.45) is 0.653. The van der Waals surface area contributed by atoms with Crippen LogP contribution in [-0.2, 0) is 14.3 Å². The number of nitrogens with one attached hydrogen (secondary N) is 2. The van der Waals surface area contributed by atoms with E-state index in [0.717, 1.165) is 18.4 Å². The minimum atomic E-state index is -1.13. The van der Waals surface area contributed by atoms with Crippen LogP contribution in [0.25, 0.3) is 0 Å². The number of amides is 2. The molecule has 1 aliphatic rings. The van der Waals surface area contributed by atoms with Gasteiger partial charge in [-0.2, -0.15) is 0 Å². The molecule has 1 fully saturated rings. The normalized spacial score (nSPS) is 13.7. The van der Waals surface area contributed by atoms with Gasteiger partial charge in [0, 0.05) is 22.9 Å². The molecule has 0 bridgehead atoms. The van der Waals surface area contributed by atoms with Gasteiger partial charge in [0.15, 0.2) is 0 Å². The van der Waals surface area contributed by atoms with Gasteiger partial charge in [-0.3, -0.25) is 9.59 Å².